The summed E-state index contributed by atoms with van der Waals surface area (Å²) in [7, 11) is 0. The number of halogens is 2. The highest BCUT2D eigenvalue weighted by molar-refractivity contribution is 9.10. The monoisotopic (exact) mass is 274 g/mol. The molecule has 1 aromatic rings. The smallest absolute Gasteiger partial charge is 0.253 e. The van der Waals surface area contributed by atoms with Gasteiger partial charge in [0, 0.05) is 16.5 Å². The second-order valence-corrected chi connectivity index (χ2v) is 4.16. The molecule has 0 atom stereocenters. The first-order valence-electron chi connectivity index (χ1n) is 3.98. The summed E-state index contributed by atoms with van der Waals surface area (Å²) in [6.45, 7) is 1.52. The molecule has 0 saturated heterocycles. The topological polar surface area (TPSA) is 34.1 Å². The third-order valence-corrected chi connectivity index (χ3v) is 2.56. The van der Waals surface area contributed by atoms with Crippen LogP contribution in [0.5, 0.6) is 0 Å². The lowest BCUT2D eigenvalue weighted by Crippen LogP contribution is -1.98. The van der Waals surface area contributed by atoms with Gasteiger partial charge in [-0.05, 0) is 52.2 Å². The second-order valence-electron chi connectivity index (χ2n) is 2.97. The Morgan fingerprint density at radius 2 is 2.07 bits per heavy atom. The standard InChI is InChI=1S/C10H8BrClO2/c1-6(13)4-7-2-3-8(10(12)14)9(11)5-7/h2-3,5H,4H2,1H3. The zero-order chi connectivity index (χ0) is 10.7. The predicted octanol–water partition coefficient (Wildman–Crippen LogP) is 2.96. The second kappa shape index (κ2) is 4.71. The maximum Gasteiger partial charge on any atom is 0.253 e. The average molecular weight is 276 g/mol. The number of ketones is 1. The lowest BCUT2D eigenvalue weighted by molar-refractivity contribution is -0.116. The van der Waals surface area contributed by atoms with Crippen LogP contribution in [0.15, 0.2) is 22.7 Å². The molecule has 0 heterocycles. The number of carbonyl (C=O) groups is 2. The van der Waals surface area contributed by atoms with E-state index in [4.69, 9.17) is 11.6 Å². The van der Waals surface area contributed by atoms with Gasteiger partial charge in [0.15, 0.2) is 0 Å². The molecule has 0 aliphatic heterocycles. The normalized spacial score (nSPS) is 9.93. The van der Waals surface area contributed by atoms with Gasteiger partial charge in [0.05, 0.1) is 0 Å². The molecule has 0 aliphatic rings. The van der Waals surface area contributed by atoms with E-state index in [-0.39, 0.29) is 5.78 Å². The summed E-state index contributed by atoms with van der Waals surface area (Å²) in [5, 5.41) is -0.508. The summed E-state index contributed by atoms with van der Waals surface area (Å²) in [4.78, 5) is 21.7. The quantitative estimate of drug-likeness (QED) is 0.795. The predicted molar refractivity (Wildman–Crippen MR) is 58.7 cm³/mol. The van der Waals surface area contributed by atoms with Gasteiger partial charge in [0.1, 0.15) is 5.78 Å². The molecule has 74 valence electrons. The van der Waals surface area contributed by atoms with E-state index in [1.165, 1.54) is 6.92 Å². The highest BCUT2D eigenvalue weighted by Gasteiger charge is 2.08. The zero-order valence-corrected chi connectivity index (χ0v) is 9.85. The number of carbonyl (C=O) groups excluding carboxylic acids is 2. The lowest BCUT2D eigenvalue weighted by Gasteiger charge is -2.02. The largest absolute Gasteiger partial charge is 0.300 e. The van der Waals surface area contributed by atoms with E-state index in [1.54, 1.807) is 18.2 Å². The lowest BCUT2D eigenvalue weighted by atomic mass is 10.1. The summed E-state index contributed by atoms with van der Waals surface area (Å²) in [5.41, 5.74) is 1.28. The number of benzene rings is 1. The maximum atomic E-state index is 10.9. The van der Waals surface area contributed by atoms with E-state index in [1.807, 2.05) is 0 Å². The van der Waals surface area contributed by atoms with Gasteiger partial charge in [0.2, 0.25) is 0 Å². The Bertz CT molecular complexity index is 388. The first-order valence-corrected chi connectivity index (χ1v) is 5.15. The van der Waals surface area contributed by atoms with Crippen molar-refractivity contribution in [2.24, 2.45) is 0 Å². The maximum absolute atomic E-state index is 10.9. The van der Waals surface area contributed by atoms with Crippen molar-refractivity contribution in [3.8, 4) is 0 Å². The molecule has 1 aromatic carbocycles. The zero-order valence-electron chi connectivity index (χ0n) is 7.51. The highest BCUT2D eigenvalue weighted by Crippen LogP contribution is 2.20. The fourth-order valence-electron chi connectivity index (χ4n) is 1.12. The molecule has 0 aromatic heterocycles. The van der Waals surface area contributed by atoms with Crippen LogP contribution in [0.3, 0.4) is 0 Å². The van der Waals surface area contributed by atoms with E-state index in [2.05, 4.69) is 15.9 Å². The van der Waals surface area contributed by atoms with Crippen molar-refractivity contribution in [3.63, 3.8) is 0 Å². The molecule has 0 fully saturated rings. The van der Waals surface area contributed by atoms with Crippen molar-refractivity contribution in [1.29, 1.82) is 0 Å². The Hall–Kier alpha value is -0.670. The fourth-order valence-corrected chi connectivity index (χ4v) is 2.00. The number of hydrogen-bond acceptors (Lipinski definition) is 2. The van der Waals surface area contributed by atoms with Crippen LogP contribution in [0.2, 0.25) is 0 Å². The molecular formula is C10H8BrClO2. The minimum Gasteiger partial charge on any atom is -0.300 e. The molecule has 0 radical (unpaired) electrons. The molecule has 0 aliphatic carbocycles. The molecule has 2 nitrogen and oxygen atoms in total. The van der Waals surface area contributed by atoms with Crippen molar-refractivity contribution < 1.29 is 9.59 Å². The van der Waals surface area contributed by atoms with Gasteiger partial charge in [-0.3, -0.25) is 9.59 Å². The van der Waals surface area contributed by atoms with E-state index in [0.29, 0.717) is 16.5 Å². The van der Waals surface area contributed by atoms with Gasteiger partial charge < -0.3 is 0 Å². The number of hydrogen-bond donors (Lipinski definition) is 0. The van der Waals surface area contributed by atoms with Crippen molar-refractivity contribution in [1.82, 2.24) is 0 Å². The summed E-state index contributed by atoms with van der Waals surface area (Å²) in [5.74, 6) is 0.0850. The summed E-state index contributed by atoms with van der Waals surface area (Å²) in [6, 6.07) is 5.07. The number of rotatable bonds is 3. The van der Waals surface area contributed by atoms with Gasteiger partial charge in [-0.15, -0.1) is 0 Å². The summed E-state index contributed by atoms with van der Waals surface area (Å²) < 4.78 is 0.622. The number of Topliss-reactive ketones (excluding diaryl/α,β-unsaturated/α-hetero) is 1. The van der Waals surface area contributed by atoms with Crippen LogP contribution in [0.25, 0.3) is 0 Å². The molecule has 14 heavy (non-hydrogen) atoms. The molecule has 0 N–H and O–H groups in total. The Labute approximate surface area is 95.4 Å². The molecule has 4 heteroatoms. The van der Waals surface area contributed by atoms with E-state index in [9.17, 15) is 9.59 Å². The minimum atomic E-state index is -0.508. The SMILES string of the molecule is CC(=O)Cc1ccc(C(=O)Cl)c(Br)c1. The fraction of sp³-hybridized carbons (Fsp3) is 0.200. The van der Waals surface area contributed by atoms with Crippen molar-refractivity contribution in [2.45, 2.75) is 13.3 Å². The molecular weight excluding hydrogens is 267 g/mol. The van der Waals surface area contributed by atoms with Gasteiger partial charge in [0.25, 0.3) is 5.24 Å². The first kappa shape index (κ1) is 11.4. The molecule has 0 unspecified atom stereocenters. The Morgan fingerprint density at radius 3 is 2.50 bits per heavy atom. The summed E-state index contributed by atoms with van der Waals surface area (Å²) >= 11 is 8.55. The van der Waals surface area contributed by atoms with Crippen molar-refractivity contribution in [3.05, 3.63) is 33.8 Å². The van der Waals surface area contributed by atoms with Crippen LogP contribution in [0, 0.1) is 0 Å². The Balaban J connectivity index is 3.00. The molecule has 0 saturated carbocycles. The van der Waals surface area contributed by atoms with Crippen molar-refractivity contribution in [2.75, 3.05) is 0 Å². The van der Waals surface area contributed by atoms with Gasteiger partial charge in [-0.2, -0.15) is 0 Å². The first-order chi connectivity index (χ1) is 6.50. The Morgan fingerprint density at radius 1 is 1.43 bits per heavy atom. The summed E-state index contributed by atoms with van der Waals surface area (Å²) in [6.07, 6.45) is 0.370. The average Bonchev–Trinajstić information content (AvgIpc) is 2.01. The minimum absolute atomic E-state index is 0.0850. The van der Waals surface area contributed by atoms with Crippen LogP contribution < -0.4 is 0 Å². The van der Waals surface area contributed by atoms with Gasteiger partial charge in [-0.1, -0.05) is 6.07 Å². The van der Waals surface area contributed by atoms with Crippen LogP contribution in [-0.2, 0) is 11.2 Å². The van der Waals surface area contributed by atoms with E-state index < -0.39 is 5.24 Å². The van der Waals surface area contributed by atoms with E-state index >= 15 is 0 Å². The highest BCUT2D eigenvalue weighted by atomic mass is 79.9. The van der Waals surface area contributed by atoms with Crippen molar-refractivity contribution >= 4 is 38.6 Å². The van der Waals surface area contributed by atoms with Crippen LogP contribution in [-0.4, -0.2) is 11.0 Å². The van der Waals surface area contributed by atoms with Crippen LogP contribution >= 0.6 is 27.5 Å². The Kier molecular flexibility index (Phi) is 3.84. The van der Waals surface area contributed by atoms with Crippen LogP contribution in [0.4, 0.5) is 0 Å². The van der Waals surface area contributed by atoms with Gasteiger partial charge in [-0.25, -0.2) is 0 Å². The molecule has 0 spiro atoms. The third-order valence-electron chi connectivity index (χ3n) is 1.70. The van der Waals surface area contributed by atoms with E-state index in [0.717, 1.165) is 5.56 Å². The van der Waals surface area contributed by atoms with Gasteiger partial charge >= 0.3 is 0 Å². The molecule has 1 rings (SSSR count). The molecule has 0 bridgehead atoms. The van der Waals surface area contributed by atoms with Crippen LogP contribution in [0.1, 0.15) is 22.8 Å². The third kappa shape index (κ3) is 2.93. The molecule has 0 amide bonds.